The molecule has 1 saturated heterocycles. The van der Waals surface area contributed by atoms with Gasteiger partial charge >= 0.3 is 0 Å². The summed E-state index contributed by atoms with van der Waals surface area (Å²) in [5.74, 6) is 2.30. The first-order valence-electron chi connectivity index (χ1n) is 7.98. The second-order valence-corrected chi connectivity index (χ2v) is 6.65. The van der Waals surface area contributed by atoms with E-state index in [1.807, 2.05) is 29.2 Å². The van der Waals surface area contributed by atoms with Gasteiger partial charge in [0.15, 0.2) is 0 Å². The molecule has 0 aliphatic carbocycles. The molecule has 22 heavy (non-hydrogen) atoms. The van der Waals surface area contributed by atoms with Gasteiger partial charge < -0.3 is 15.0 Å². The number of benzene rings is 1. The normalized spacial score (nSPS) is 15.8. The number of amides is 1. The molecule has 1 aromatic carbocycles. The zero-order chi connectivity index (χ0) is 15.8. The largest absolute Gasteiger partial charge is 0.497 e. The molecular formula is C17H26N2O2S. The van der Waals surface area contributed by atoms with Crippen LogP contribution in [0, 0.1) is 5.92 Å². The Labute approximate surface area is 137 Å². The van der Waals surface area contributed by atoms with Crippen LogP contribution in [0.15, 0.2) is 29.2 Å². The maximum atomic E-state index is 12.3. The highest BCUT2D eigenvalue weighted by Crippen LogP contribution is 2.24. The van der Waals surface area contributed by atoms with Crippen molar-refractivity contribution in [3.8, 4) is 5.75 Å². The van der Waals surface area contributed by atoms with E-state index in [0.717, 1.165) is 55.6 Å². The number of carbonyl (C=O) groups is 1. The molecule has 1 N–H and O–H groups in total. The molecule has 1 aliphatic rings. The van der Waals surface area contributed by atoms with E-state index in [9.17, 15) is 4.79 Å². The van der Waals surface area contributed by atoms with Crippen molar-refractivity contribution in [2.75, 3.05) is 39.0 Å². The van der Waals surface area contributed by atoms with E-state index in [1.165, 1.54) is 0 Å². The topological polar surface area (TPSA) is 41.6 Å². The highest BCUT2D eigenvalue weighted by molar-refractivity contribution is 8.00. The molecule has 4 nitrogen and oxygen atoms in total. The third-order valence-corrected chi connectivity index (χ3v) is 5.03. The molecule has 1 amide bonds. The van der Waals surface area contributed by atoms with Gasteiger partial charge in [-0.3, -0.25) is 4.79 Å². The maximum Gasteiger partial charge on any atom is 0.232 e. The summed E-state index contributed by atoms with van der Waals surface area (Å²) in [4.78, 5) is 15.4. The van der Waals surface area contributed by atoms with Crippen molar-refractivity contribution in [2.45, 2.75) is 24.7 Å². The van der Waals surface area contributed by atoms with E-state index in [0.29, 0.717) is 5.75 Å². The Kier molecular flexibility index (Phi) is 7.06. The van der Waals surface area contributed by atoms with Gasteiger partial charge in [0.1, 0.15) is 5.75 Å². The summed E-state index contributed by atoms with van der Waals surface area (Å²) in [6.07, 6.45) is 2.23. The molecular weight excluding hydrogens is 296 g/mol. The molecule has 2 rings (SSSR count). The fraction of sp³-hybridized carbons (Fsp3) is 0.588. The summed E-state index contributed by atoms with van der Waals surface area (Å²) in [7, 11) is 1.66. The van der Waals surface area contributed by atoms with E-state index in [4.69, 9.17) is 4.74 Å². The molecule has 1 aromatic rings. The lowest BCUT2D eigenvalue weighted by Gasteiger charge is -2.32. The van der Waals surface area contributed by atoms with Crippen LogP contribution >= 0.6 is 11.8 Å². The fourth-order valence-corrected chi connectivity index (χ4v) is 3.51. The molecule has 5 heteroatoms. The monoisotopic (exact) mass is 322 g/mol. The molecule has 0 saturated carbocycles. The second-order valence-electron chi connectivity index (χ2n) is 5.60. The molecule has 0 bridgehead atoms. The predicted octanol–water partition coefficient (Wildman–Crippen LogP) is 2.64. The summed E-state index contributed by atoms with van der Waals surface area (Å²) in [6.45, 7) is 6.03. The van der Waals surface area contributed by atoms with Crippen molar-refractivity contribution in [3.05, 3.63) is 24.3 Å². The zero-order valence-corrected chi connectivity index (χ0v) is 14.3. The minimum Gasteiger partial charge on any atom is -0.497 e. The Morgan fingerprint density at radius 1 is 1.41 bits per heavy atom. The number of likely N-dealkylation sites (tertiary alicyclic amines) is 1. The standard InChI is InChI=1S/C17H26N2O2S/c1-3-18-12-14-7-9-19(10-8-14)17(20)13-22-16-6-4-5-15(11-16)21-2/h4-6,11,14,18H,3,7-10,12-13H2,1-2H3. The van der Waals surface area contributed by atoms with Crippen LogP contribution in [0.1, 0.15) is 19.8 Å². The van der Waals surface area contributed by atoms with Gasteiger partial charge in [0, 0.05) is 18.0 Å². The van der Waals surface area contributed by atoms with Gasteiger partial charge in [-0.2, -0.15) is 0 Å². The van der Waals surface area contributed by atoms with Crippen molar-refractivity contribution < 1.29 is 9.53 Å². The molecule has 0 unspecified atom stereocenters. The van der Waals surface area contributed by atoms with Gasteiger partial charge in [0.2, 0.25) is 5.91 Å². The molecule has 122 valence electrons. The van der Waals surface area contributed by atoms with Crippen LogP contribution in [0.5, 0.6) is 5.75 Å². The van der Waals surface area contributed by atoms with Crippen molar-refractivity contribution in [2.24, 2.45) is 5.92 Å². The number of piperidine rings is 1. The second kappa shape index (κ2) is 9.06. The van der Waals surface area contributed by atoms with Gasteiger partial charge in [0.05, 0.1) is 12.9 Å². The summed E-state index contributed by atoms with van der Waals surface area (Å²) in [5.41, 5.74) is 0. The Balaban J connectivity index is 1.74. The summed E-state index contributed by atoms with van der Waals surface area (Å²) < 4.78 is 5.21. The minimum atomic E-state index is 0.245. The van der Waals surface area contributed by atoms with Crippen LogP contribution in [0.25, 0.3) is 0 Å². The van der Waals surface area contributed by atoms with Crippen molar-refractivity contribution in [1.82, 2.24) is 10.2 Å². The van der Waals surface area contributed by atoms with Gasteiger partial charge in [0.25, 0.3) is 0 Å². The Hall–Kier alpha value is -1.20. The van der Waals surface area contributed by atoms with E-state index < -0.39 is 0 Å². The van der Waals surface area contributed by atoms with E-state index in [1.54, 1.807) is 18.9 Å². The Bertz CT molecular complexity index is 473. The highest BCUT2D eigenvalue weighted by atomic mass is 32.2. The quantitative estimate of drug-likeness (QED) is 0.784. The average molecular weight is 322 g/mol. The first kappa shape index (κ1) is 17.2. The summed E-state index contributed by atoms with van der Waals surface area (Å²) >= 11 is 1.58. The molecule has 1 heterocycles. The summed E-state index contributed by atoms with van der Waals surface area (Å²) in [6, 6.07) is 7.86. The summed E-state index contributed by atoms with van der Waals surface area (Å²) in [5, 5.41) is 3.40. The van der Waals surface area contributed by atoms with E-state index >= 15 is 0 Å². The average Bonchev–Trinajstić information content (AvgIpc) is 2.58. The van der Waals surface area contributed by atoms with Gasteiger partial charge in [-0.1, -0.05) is 13.0 Å². The van der Waals surface area contributed by atoms with Crippen LogP contribution < -0.4 is 10.1 Å². The van der Waals surface area contributed by atoms with Crippen molar-refractivity contribution >= 4 is 17.7 Å². The number of carbonyl (C=O) groups excluding carboxylic acids is 1. The predicted molar refractivity (Wildman–Crippen MR) is 91.6 cm³/mol. The molecule has 1 fully saturated rings. The Morgan fingerprint density at radius 2 is 2.18 bits per heavy atom. The molecule has 0 radical (unpaired) electrons. The van der Waals surface area contributed by atoms with Crippen LogP contribution in [0.3, 0.4) is 0 Å². The number of thioether (sulfide) groups is 1. The van der Waals surface area contributed by atoms with Crippen LogP contribution in [-0.4, -0.2) is 49.8 Å². The maximum absolute atomic E-state index is 12.3. The SMILES string of the molecule is CCNCC1CCN(C(=O)CSc2cccc(OC)c2)CC1. The lowest BCUT2D eigenvalue weighted by atomic mass is 9.97. The first-order chi connectivity index (χ1) is 10.7. The molecule has 1 aliphatic heterocycles. The van der Waals surface area contributed by atoms with E-state index in [-0.39, 0.29) is 5.91 Å². The molecule has 0 aromatic heterocycles. The number of nitrogens with one attached hydrogen (secondary N) is 1. The fourth-order valence-electron chi connectivity index (χ4n) is 2.66. The van der Waals surface area contributed by atoms with Crippen molar-refractivity contribution in [1.29, 1.82) is 0 Å². The third-order valence-electron chi connectivity index (χ3n) is 4.05. The zero-order valence-electron chi connectivity index (χ0n) is 13.5. The lowest BCUT2D eigenvalue weighted by Crippen LogP contribution is -2.41. The van der Waals surface area contributed by atoms with Crippen LogP contribution in [-0.2, 0) is 4.79 Å². The van der Waals surface area contributed by atoms with Crippen LogP contribution in [0.4, 0.5) is 0 Å². The third kappa shape index (κ3) is 5.21. The van der Waals surface area contributed by atoms with Crippen molar-refractivity contribution in [3.63, 3.8) is 0 Å². The number of hydrogen-bond acceptors (Lipinski definition) is 4. The van der Waals surface area contributed by atoms with E-state index in [2.05, 4.69) is 12.2 Å². The number of rotatable bonds is 7. The minimum absolute atomic E-state index is 0.245. The lowest BCUT2D eigenvalue weighted by molar-refractivity contribution is -0.129. The Morgan fingerprint density at radius 3 is 2.86 bits per heavy atom. The molecule has 0 atom stereocenters. The number of nitrogens with zero attached hydrogens (tertiary/aromatic N) is 1. The molecule has 0 spiro atoms. The van der Waals surface area contributed by atoms with Gasteiger partial charge in [-0.05, 0) is 50.0 Å². The van der Waals surface area contributed by atoms with Crippen LogP contribution in [0.2, 0.25) is 0 Å². The highest BCUT2D eigenvalue weighted by Gasteiger charge is 2.22. The number of ether oxygens (including phenoxy) is 1. The number of methoxy groups -OCH3 is 1. The first-order valence-corrected chi connectivity index (χ1v) is 8.96. The van der Waals surface area contributed by atoms with Gasteiger partial charge in [-0.15, -0.1) is 11.8 Å². The van der Waals surface area contributed by atoms with Gasteiger partial charge in [-0.25, -0.2) is 0 Å². The smallest absolute Gasteiger partial charge is 0.232 e. The number of hydrogen-bond donors (Lipinski definition) is 1.